The lowest BCUT2D eigenvalue weighted by molar-refractivity contribution is -0.139. The predicted molar refractivity (Wildman–Crippen MR) is 48.8 cm³/mol. The standard InChI is InChI=1S/C9H14O5/c1-7(13-2)5-6-14-9(12)4-3-8(10)11/h3-4,7H,5-6H2,1-2H3,(H,10,11)/b4-3+. The van der Waals surface area contributed by atoms with Crippen LogP contribution in [0.5, 0.6) is 0 Å². The number of methoxy groups -OCH3 is 1. The number of hydrogen-bond donors (Lipinski definition) is 1. The zero-order valence-electron chi connectivity index (χ0n) is 8.23. The molecule has 0 bridgehead atoms. The van der Waals surface area contributed by atoms with Gasteiger partial charge < -0.3 is 14.6 Å². The molecule has 5 nitrogen and oxygen atoms in total. The van der Waals surface area contributed by atoms with Gasteiger partial charge in [-0.25, -0.2) is 9.59 Å². The highest BCUT2D eigenvalue weighted by molar-refractivity contribution is 5.90. The summed E-state index contributed by atoms with van der Waals surface area (Å²) >= 11 is 0. The molecule has 0 heterocycles. The Morgan fingerprint density at radius 1 is 1.43 bits per heavy atom. The van der Waals surface area contributed by atoms with Gasteiger partial charge in [0.25, 0.3) is 0 Å². The Morgan fingerprint density at radius 3 is 2.57 bits per heavy atom. The van der Waals surface area contributed by atoms with Gasteiger partial charge in [0.15, 0.2) is 0 Å². The number of aliphatic carboxylic acids is 1. The molecule has 1 N–H and O–H groups in total. The van der Waals surface area contributed by atoms with E-state index in [1.54, 1.807) is 7.11 Å². The van der Waals surface area contributed by atoms with Gasteiger partial charge in [0.2, 0.25) is 0 Å². The van der Waals surface area contributed by atoms with Gasteiger partial charge in [-0.15, -0.1) is 0 Å². The molecule has 0 aliphatic carbocycles. The van der Waals surface area contributed by atoms with Gasteiger partial charge in [0.1, 0.15) is 0 Å². The van der Waals surface area contributed by atoms with E-state index in [2.05, 4.69) is 0 Å². The molecule has 0 fully saturated rings. The molecule has 1 atom stereocenters. The number of carboxylic acids is 1. The summed E-state index contributed by atoms with van der Waals surface area (Å²) in [4.78, 5) is 20.8. The summed E-state index contributed by atoms with van der Waals surface area (Å²) in [5.41, 5.74) is 0. The minimum Gasteiger partial charge on any atom is -0.478 e. The zero-order valence-corrected chi connectivity index (χ0v) is 8.23. The molecule has 1 unspecified atom stereocenters. The fraction of sp³-hybridized carbons (Fsp3) is 0.556. The Kier molecular flexibility index (Phi) is 6.39. The first-order chi connectivity index (χ1) is 6.56. The van der Waals surface area contributed by atoms with Crippen LogP contribution in [0.2, 0.25) is 0 Å². The van der Waals surface area contributed by atoms with Crippen molar-refractivity contribution < 1.29 is 24.2 Å². The average Bonchev–Trinajstić information content (AvgIpc) is 2.14. The highest BCUT2D eigenvalue weighted by Crippen LogP contribution is 1.95. The summed E-state index contributed by atoms with van der Waals surface area (Å²) < 4.78 is 9.62. The Morgan fingerprint density at radius 2 is 2.07 bits per heavy atom. The molecule has 0 aliphatic rings. The van der Waals surface area contributed by atoms with Crippen LogP contribution in [0.4, 0.5) is 0 Å². The normalized spacial score (nSPS) is 12.7. The highest BCUT2D eigenvalue weighted by Gasteiger charge is 2.02. The lowest BCUT2D eigenvalue weighted by Crippen LogP contribution is -2.11. The first kappa shape index (κ1) is 12.6. The molecular weight excluding hydrogens is 188 g/mol. The van der Waals surface area contributed by atoms with Crippen LogP contribution in [0.15, 0.2) is 12.2 Å². The van der Waals surface area contributed by atoms with E-state index in [1.807, 2.05) is 6.92 Å². The molecule has 0 radical (unpaired) electrons. The highest BCUT2D eigenvalue weighted by atomic mass is 16.5. The number of rotatable bonds is 6. The first-order valence-electron chi connectivity index (χ1n) is 4.16. The Hall–Kier alpha value is -1.36. The number of esters is 1. The summed E-state index contributed by atoms with van der Waals surface area (Å²) in [5, 5.41) is 8.20. The second-order valence-corrected chi connectivity index (χ2v) is 2.67. The van der Waals surface area contributed by atoms with Crippen molar-refractivity contribution in [2.75, 3.05) is 13.7 Å². The van der Waals surface area contributed by atoms with Gasteiger partial charge in [-0.05, 0) is 6.92 Å². The van der Waals surface area contributed by atoms with Gasteiger partial charge in [0, 0.05) is 25.7 Å². The van der Waals surface area contributed by atoms with E-state index in [9.17, 15) is 9.59 Å². The number of hydrogen-bond acceptors (Lipinski definition) is 4. The van der Waals surface area contributed by atoms with Crippen molar-refractivity contribution in [2.45, 2.75) is 19.4 Å². The summed E-state index contributed by atoms with van der Waals surface area (Å²) in [6, 6.07) is 0. The zero-order chi connectivity index (χ0) is 11.0. The predicted octanol–water partition coefficient (Wildman–Crippen LogP) is 0.595. The largest absolute Gasteiger partial charge is 0.478 e. The molecule has 0 aliphatic heterocycles. The third kappa shape index (κ3) is 7.30. The van der Waals surface area contributed by atoms with Crippen LogP contribution in [-0.2, 0) is 19.1 Å². The van der Waals surface area contributed by atoms with Gasteiger partial charge in [-0.1, -0.05) is 0 Å². The van der Waals surface area contributed by atoms with Gasteiger partial charge in [-0.3, -0.25) is 0 Å². The molecule has 0 aromatic heterocycles. The van der Waals surface area contributed by atoms with Crippen LogP contribution >= 0.6 is 0 Å². The molecule has 0 rings (SSSR count). The minimum absolute atomic E-state index is 0.0197. The maximum Gasteiger partial charge on any atom is 0.331 e. The third-order valence-electron chi connectivity index (χ3n) is 1.53. The molecule has 0 saturated carbocycles. The van der Waals surface area contributed by atoms with Crippen LogP contribution in [0.1, 0.15) is 13.3 Å². The maximum absolute atomic E-state index is 10.8. The molecule has 14 heavy (non-hydrogen) atoms. The fourth-order valence-electron chi connectivity index (χ4n) is 0.631. The van der Waals surface area contributed by atoms with E-state index < -0.39 is 11.9 Å². The molecule has 0 saturated heterocycles. The van der Waals surface area contributed by atoms with E-state index in [0.717, 1.165) is 12.2 Å². The van der Waals surface area contributed by atoms with Gasteiger partial charge >= 0.3 is 11.9 Å². The van der Waals surface area contributed by atoms with Crippen molar-refractivity contribution in [1.82, 2.24) is 0 Å². The van der Waals surface area contributed by atoms with Gasteiger partial charge in [-0.2, -0.15) is 0 Å². The molecule has 80 valence electrons. The van der Waals surface area contributed by atoms with Crippen molar-refractivity contribution in [3.63, 3.8) is 0 Å². The number of ether oxygens (including phenoxy) is 2. The minimum atomic E-state index is -1.17. The molecule has 5 heteroatoms. The number of carbonyl (C=O) groups excluding carboxylic acids is 1. The monoisotopic (exact) mass is 202 g/mol. The smallest absolute Gasteiger partial charge is 0.331 e. The van der Waals surface area contributed by atoms with Gasteiger partial charge in [0.05, 0.1) is 12.7 Å². The van der Waals surface area contributed by atoms with Crippen molar-refractivity contribution in [2.24, 2.45) is 0 Å². The van der Waals surface area contributed by atoms with Crippen molar-refractivity contribution in [1.29, 1.82) is 0 Å². The second kappa shape index (κ2) is 7.08. The lowest BCUT2D eigenvalue weighted by atomic mass is 10.3. The van der Waals surface area contributed by atoms with E-state index in [1.165, 1.54) is 0 Å². The Labute approximate surface area is 82.3 Å². The topological polar surface area (TPSA) is 72.8 Å². The molecular formula is C9H14O5. The van der Waals surface area contributed by atoms with Crippen LogP contribution in [-0.4, -0.2) is 36.9 Å². The van der Waals surface area contributed by atoms with E-state index in [0.29, 0.717) is 6.42 Å². The van der Waals surface area contributed by atoms with E-state index in [4.69, 9.17) is 14.6 Å². The molecule has 0 amide bonds. The Bertz CT molecular complexity index is 221. The van der Waals surface area contributed by atoms with E-state index in [-0.39, 0.29) is 12.7 Å². The van der Waals surface area contributed by atoms with Crippen LogP contribution in [0, 0.1) is 0 Å². The molecule has 0 aromatic carbocycles. The van der Waals surface area contributed by atoms with Crippen LogP contribution in [0.3, 0.4) is 0 Å². The van der Waals surface area contributed by atoms with E-state index >= 15 is 0 Å². The quantitative estimate of drug-likeness (QED) is 0.504. The average molecular weight is 202 g/mol. The SMILES string of the molecule is COC(C)CCOC(=O)/C=C/C(=O)O. The Balaban J connectivity index is 3.59. The van der Waals surface area contributed by atoms with Crippen molar-refractivity contribution >= 4 is 11.9 Å². The third-order valence-corrected chi connectivity index (χ3v) is 1.53. The number of carboxylic acid groups (broad SMARTS) is 1. The second-order valence-electron chi connectivity index (χ2n) is 2.67. The van der Waals surface area contributed by atoms with Crippen LogP contribution < -0.4 is 0 Å². The summed E-state index contributed by atoms with van der Waals surface area (Å²) in [5.74, 6) is -1.83. The maximum atomic E-state index is 10.8. The fourth-order valence-corrected chi connectivity index (χ4v) is 0.631. The number of carbonyl (C=O) groups is 2. The summed E-state index contributed by atoms with van der Waals surface area (Å²) in [7, 11) is 1.57. The summed E-state index contributed by atoms with van der Waals surface area (Å²) in [6.07, 6.45) is 2.22. The first-order valence-corrected chi connectivity index (χ1v) is 4.16. The lowest BCUT2D eigenvalue weighted by Gasteiger charge is -2.08. The summed E-state index contributed by atoms with van der Waals surface area (Å²) in [6.45, 7) is 2.07. The molecule has 0 aromatic rings. The van der Waals surface area contributed by atoms with Crippen LogP contribution in [0.25, 0.3) is 0 Å². The van der Waals surface area contributed by atoms with Crippen molar-refractivity contribution in [3.8, 4) is 0 Å². The van der Waals surface area contributed by atoms with Crippen molar-refractivity contribution in [3.05, 3.63) is 12.2 Å². The molecule has 0 spiro atoms.